The van der Waals surface area contributed by atoms with Crippen molar-refractivity contribution < 1.29 is 9.53 Å². The number of carbonyl (C=O) groups excluding carboxylic acids is 1. The van der Waals surface area contributed by atoms with Crippen LogP contribution >= 0.6 is 0 Å². The van der Waals surface area contributed by atoms with Crippen molar-refractivity contribution in [2.24, 2.45) is 5.92 Å². The van der Waals surface area contributed by atoms with Gasteiger partial charge in [-0.05, 0) is 24.5 Å². The van der Waals surface area contributed by atoms with Crippen molar-refractivity contribution in [2.45, 2.75) is 19.3 Å². The molecule has 16 heavy (non-hydrogen) atoms. The quantitative estimate of drug-likeness (QED) is 0.772. The lowest BCUT2D eigenvalue weighted by molar-refractivity contribution is 0.0600. The van der Waals surface area contributed by atoms with Gasteiger partial charge in [0.15, 0.2) is 0 Å². The maximum absolute atomic E-state index is 11.3. The van der Waals surface area contributed by atoms with Crippen molar-refractivity contribution in [3.05, 3.63) is 23.9 Å². The second-order valence-corrected chi connectivity index (χ2v) is 4.08. The lowest BCUT2D eigenvalue weighted by Gasteiger charge is -2.05. The van der Waals surface area contributed by atoms with E-state index in [0.29, 0.717) is 5.56 Å². The summed E-state index contributed by atoms with van der Waals surface area (Å²) in [5.74, 6) is 1.31. The third-order valence-electron chi connectivity index (χ3n) is 2.74. The minimum absolute atomic E-state index is 0.326. The molecule has 0 aromatic carbocycles. The van der Waals surface area contributed by atoms with Gasteiger partial charge in [-0.1, -0.05) is 12.8 Å². The lowest BCUT2D eigenvalue weighted by Crippen LogP contribution is -2.06. The molecule has 1 aromatic heterocycles. The molecule has 0 saturated heterocycles. The maximum atomic E-state index is 11.3. The highest BCUT2D eigenvalue weighted by Gasteiger charge is 2.20. The summed E-state index contributed by atoms with van der Waals surface area (Å²) < 4.78 is 4.65. The molecule has 1 heterocycles. The van der Waals surface area contributed by atoms with Gasteiger partial charge in [0.1, 0.15) is 5.82 Å². The highest BCUT2D eigenvalue weighted by atomic mass is 16.5. The Kier molecular flexibility index (Phi) is 3.39. The summed E-state index contributed by atoms with van der Waals surface area (Å²) in [6.45, 7) is 0.919. The van der Waals surface area contributed by atoms with Gasteiger partial charge in [-0.15, -0.1) is 0 Å². The average Bonchev–Trinajstić information content (AvgIpc) is 3.12. The van der Waals surface area contributed by atoms with E-state index in [4.69, 9.17) is 0 Å². The molecule has 2 rings (SSSR count). The molecule has 1 saturated carbocycles. The largest absolute Gasteiger partial charge is 0.465 e. The molecule has 0 unspecified atom stereocenters. The van der Waals surface area contributed by atoms with Crippen LogP contribution < -0.4 is 5.32 Å². The van der Waals surface area contributed by atoms with E-state index in [9.17, 15) is 4.79 Å². The molecule has 0 aliphatic heterocycles. The van der Waals surface area contributed by atoms with E-state index >= 15 is 0 Å². The zero-order valence-electron chi connectivity index (χ0n) is 9.40. The Labute approximate surface area is 95.0 Å². The standard InChI is InChI=1S/C12H16N2O2/c1-16-12(15)10-5-7-14-11(8-10)13-6-4-9-2-3-9/h5,7-9H,2-4,6H2,1H3,(H,13,14). The topological polar surface area (TPSA) is 51.2 Å². The van der Waals surface area contributed by atoms with Crippen LogP contribution in [-0.2, 0) is 4.74 Å². The molecule has 0 radical (unpaired) electrons. The fourth-order valence-electron chi connectivity index (χ4n) is 1.58. The fourth-order valence-corrected chi connectivity index (χ4v) is 1.58. The zero-order valence-corrected chi connectivity index (χ0v) is 9.40. The third-order valence-corrected chi connectivity index (χ3v) is 2.74. The molecule has 1 aromatic rings. The van der Waals surface area contributed by atoms with Crippen molar-refractivity contribution in [3.8, 4) is 0 Å². The first-order valence-electron chi connectivity index (χ1n) is 5.58. The van der Waals surface area contributed by atoms with Crippen LogP contribution in [0.3, 0.4) is 0 Å². The normalized spacial score (nSPS) is 14.6. The smallest absolute Gasteiger partial charge is 0.338 e. The number of methoxy groups -OCH3 is 1. The Morgan fingerprint density at radius 1 is 1.62 bits per heavy atom. The van der Waals surface area contributed by atoms with Gasteiger partial charge in [0.25, 0.3) is 0 Å². The summed E-state index contributed by atoms with van der Waals surface area (Å²) in [7, 11) is 1.38. The molecule has 0 atom stereocenters. The number of nitrogens with zero attached hydrogens (tertiary/aromatic N) is 1. The Morgan fingerprint density at radius 3 is 3.12 bits per heavy atom. The van der Waals surface area contributed by atoms with Crippen molar-refractivity contribution in [1.82, 2.24) is 4.98 Å². The van der Waals surface area contributed by atoms with Gasteiger partial charge in [0, 0.05) is 12.7 Å². The summed E-state index contributed by atoms with van der Waals surface area (Å²) in [6.07, 6.45) is 5.52. The van der Waals surface area contributed by atoms with E-state index in [1.807, 2.05) is 0 Å². The number of carbonyl (C=O) groups is 1. The predicted molar refractivity (Wildman–Crippen MR) is 61.4 cm³/mol. The minimum Gasteiger partial charge on any atom is -0.465 e. The molecule has 86 valence electrons. The van der Waals surface area contributed by atoms with Crippen LogP contribution in [0.25, 0.3) is 0 Å². The number of nitrogens with one attached hydrogen (secondary N) is 1. The fraction of sp³-hybridized carbons (Fsp3) is 0.500. The maximum Gasteiger partial charge on any atom is 0.338 e. The summed E-state index contributed by atoms with van der Waals surface area (Å²) in [5, 5.41) is 3.22. The van der Waals surface area contributed by atoms with Crippen LogP contribution in [0.1, 0.15) is 29.6 Å². The molecule has 1 fully saturated rings. The van der Waals surface area contributed by atoms with Crippen molar-refractivity contribution >= 4 is 11.8 Å². The molecule has 0 bridgehead atoms. The summed E-state index contributed by atoms with van der Waals surface area (Å²) >= 11 is 0. The van der Waals surface area contributed by atoms with Gasteiger partial charge in [-0.3, -0.25) is 0 Å². The number of hydrogen-bond acceptors (Lipinski definition) is 4. The van der Waals surface area contributed by atoms with Crippen LogP contribution in [0.4, 0.5) is 5.82 Å². The molecular weight excluding hydrogens is 204 g/mol. The number of ether oxygens (including phenoxy) is 1. The van der Waals surface area contributed by atoms with Crippen molar-refractivity contribution in [3.63, 3.8) is 0 Å². The number of anilines is 1. The Balaban J connectivity index is 1.89. The Hall–Kier alpha value is -1.58. The Morgan fingerprint density at radius 2 is 2.44 bits per heavy atom. The first-order valence-corrected chi connectivity index (χ1v) is 5.58. The summed E-state index contributed by atoms with van der Waals surface area (Å²) in [6, 6.07) is 3.37. The van der Waals surface area contributed by atoms with Gasteiger partial charge in [-0.2, -0.15) is 0 Å². The van der Waals surface area contributed by atoms with E-state index < -0.39 is 0 Å². The highest BCUT2D eigenvalue weighted by molar-refractivity contribution is 5.89. The highest BCUT2D eigenvalue weighted by Crippen LogP contribution is 2.31. The van der Waals surface area contributed by atoms with Crippen LogP contribution in [0.15, 0.2) is 18.3 Å². The van der Waals surface area contributed by atoms with E-state index in [-0.39, 0.29) is 5.97 Å². The number of hydrogen-bond donors (Lipinski definition) is 1. The molecule has 4 nitrogen and oxygen atoms in total. The molecule has 1 N–H and O–H groups in total. The van der Waals surface area contributed by atoms with Gasteiger partial charge in [-0.25, -0.2) is 9.78 Å². The molecule has 1 aliphatic rings. The lowest BCUT2D eigenvalue weighted by atomic mass is 10.2. The van der Waals surface area contributed by atoms with Gasteiger partial charge < -0.3 is 10.1 Å². The third kappa shape index (κ3) is 2.95. The van der Waals surface area contributed by atoms with Gasteiger partial charge in [0.05, 0.1) is 12.7 Å². The second-order valence-electron chi connectivity index (χ2n) is 4.08. The molecule has 0 spiro atoms. The first kappa shape index (κ1) is 10.9. The predicted octanol–water partition coefficient (Wildman–Crippen LogP) is 2.08. The van der Waals surface area contributed by atoms with Crippen LogP contribution in [-0.4, -0.2) is 24.6 Å². The van der Waals surface area contributed by atoms with E-state index in [2.05, 4.69) is 15.0 Å². The molecule has 4 heteroatoms. The van der Waals surface area contributed by atoms with Crippen LogP contribution in [0.5, 0.6) is 0 Å². The first-order chi connectivity index (χ1) is 7.79. The molecule has 1 aliphatic carbocycles. The minimum atomic E-state index is -0.326. The number of rotatable bonds is 5. The molecule has 0 amide bonds. The monoisotopic (exact) mass is 220 g/mol. The van der Waals surface area contributed by atoms with Crippen molar-refractivity contribution in [1.29, 1.82) is 0 Å². The van der Waals surface area contributed by atoms with Crippen LogP contribution in [0, 0.1) is 5.92 Å². The second kappa shape index (κ2) is 4.96. The van der Waals surface area contributed by atoms with E-state index in [0.717, 1.165) is 18.3 Å². The Bertz CT molecular complexity index is 375. The number of aromatic nitrogens is 1. The molecular formula is C12H16N2O2. The zero-order chi connectivity index (χ0) is 11.4. The SMILES string of the molecule is COC(=O)c1ccnc(NCCC2CC2)c1. The van der Waals surface area contributed by atoms with Crippen LogP contribution in [0.2, 0.25) is 0 Å². The van der Waals surface area contributed by atoms with E-state index in [1.165, 1.54) is 26.4 Å². The number of esters is 1. The summed E-state index contributed by atoms with van der Waals surface area (Å²) in [4.78, 5) is 15.4. The average molecular weight is 220 g/mol. The number of pyridine rings is 1. The van der Waals surface area contributed by atoms with E-state index in [1.54, 1.807) is 18.3 Å². The van der Waals surface area contributed by atoms with Gasteiger partial charge >= 0.3 is 5.97 Å². The van der Waals surface area contributed by atoms with Crippen molar-refractivity contribution in [2.75, 3.05) is 19.0 Å². The summed E-state index contributed by atoms with van der Waals surface area (Å²) in [5.41, 5.74) is 0.534. The van der Waals surface area contributed by atoms with Gasteiger partial charge in [0.2, 0.25) is 0 Å².